The monoisotopic (exact) mass is 114 g/mol. The van der Waals surface area contributed by atoms with Gasteiger partial charge < -0.3 is 11.1 Å². The van der Waals surface area contributed by atoms with Crippen LogP contribution >= 0.6 is 0 Å². The molecule has 46 valence electrons. The summed E-state index contributed by atoms with van der Waals surface area (Å²) in [5, 5.41) is 6.66. The number of nitrogens with one attached hydrogen (secondary N) is 1. The molecule has 1 unspecified atom stereocenters. The van der Waals surface area contributed by atoms with Crippen LogP contribution in [-0.2, 0) is 4.79 Å². The number of hydrogen-bond donors (Lipinski definition) is 2. The highest BCUT2D eigenvalue weighted by molar-refractivity contribution is 5.91. The van der Waals surface area contributed by atoms with Gasteiger partial charge in [-0.25, -0.2) is 0 Å². The van der Waals surface area contributed by atoms with Crippen molar-refractivity contribution in [2.24, 2.45) is 11.7 Å². The molecule has 0 aliphatic carbocycles. The van der Waals surface area contributed by atoms with E-state index in [-0.39, 0.29) is 5.92 Å². The first-order valence-electron chi connectivity index (χ1n) is 2.52. The Hall–Kier alpha value is -0.860. The van der Waals surface area contributed by atoms with E-state index in [2.05, 4.69) is 0 Å². The number of amides is 1. The summed E-state index contributed by atoms with van der Waals surface area (Å²) in [6.45, 7) is 1.82. The number of nitrogens with two attached hydrogens (primary N) is 1. The zero-order valence-corrected chi connectivity index (χ0v) is 4.85. The first-order valence-corrected chi connectivity index (χ1v) is 2.52. The van der Waals surface area contributed by atoms with Gasteiger partial charge in [0.15, 0.2) is 0 Å². The second-order valence-electron chi connectivity index (χ2n) is 1.58. The SMILES string of the molecule is CCC(C=N)C(N)=O. The van der Waals surface area contributed by atoms with Crippen LogP contribution in [0.15, 0.2) is 0 Å². The quantitative estimate of drug-likeness (QED) is 0.504. The third-order valence-electron chi connectivity index (χ3n) is 1.01. The molecule has 0 aliphatic heterocycles. The van der Waals surface area contributed by atoms with Crippen molar-refractivity contribution in [3.63, 3.8) is 0 Å². The van der Waals surface area contributed by atoms with Crippen molar-refractivity contribution in [1.29, 1.82) is 5.41 Å². The Morgan fingerprint density at radius 2 is 2.50 bits per heavy atom. The molecule has 8 heavy (non-hydrogen) atoms. The maximum atomic E-state index is 10.2. The van der Waals surface area contributed by atoms with Crippen LogP contribution in [-0.4, -0.2) is 12.1 Å². The highest BCUT2D eigenvalue weighted by atomic mass is 16.1. The molecule has 0 spiro atoms. The van der Waals surface area contributed by atoms with Gasteiger partial charge in [-0.1, -0.05) is 6.92 Å². The van der Waals surface area contributed by atoms with Crippen LogP contribution in [0.2, 0.25) is 0 Å². The number of rotatable bonds is 3. The average molecular weight is 114 g/mol. The van der Waals surface area contributed by atoms with E-state index >= 15 is 0 Å². The number of primary amides is 1. The Balaban J connectivity index is 3.69. The first kappa shape index (κ1) is 7.14. The lowest BCUT2D eigenvalue weighted by Gasteiger charge is -1.99. The largest absolute Gasteiger partial charge is 0.369 e. The van der Waals surface area contributed by atoms with Crippen LogP contribution in [0.5, 0.6) is 0 Å². The Morgan fingerprint density at radius 3 is 2.50 bits per heavy atom. The second-order valence-corrected chi connectivity index (χ2v) is 1.58. The third kappa shape index (κ3) is 1.73. The molecular weight excluding hydrogens is 104 g/mol. The molecule has 0 saturated carbocycles. The van der Waals surface area contributed by atoms with Gasteiger partial charge in [-0.3, -0.25) is 4.79 Å². The Labute approximate surface area is 48.4 Å². The molecule has 0 fully saturated rings. The molecule has 0 heterocycles. The van der Waals surface area contributed by atoms with E-state index < -0.39 is 5.91 Å². The molecule has 0 rings (SSSR count). The highest BCUT2D eigenvalue weighted by Gasteiger charge is 2.06. The number of hydrogen-bond acceptors (Lipinski definition) is 2. The Bertz CT molecular complexity index is 101. The standard InChI is InChI=1S/C5H10N2O/c1-2-4(3-6)5(7)8/h3-4,6H,2H2,1H3,(H2,7,8). The fourth-order valence-corrected chi connectivity index (χ4v) is 0.401. The molecule has 0 aromatic carbocycles. The number of carbonyl (C=O) groups is 1. The minimum absolute atomic E-state index is 0.366. The average Bonchev–Trinajstić information content (AvgIpc) is 1.69. The van der Waals surface area contributed by atoms with E-state index in [1.807, 2.05) is 6.92 Å². The van der Waals surface area contributed by atoms with E-state index in [0.717, 1.165) is 6.21 Å². The van der Waals surface area contributed by atoms with Gasteiger partial charge in [0.05, 0.1) is 5.92 Å². The van der Waals surface area contributed by atoms with Gasteiger partial charge in [-0.2, -0.15) is 0 Å². The summed E-state index contributed by atoms with van der Waals surface area (Å²) in [6, 6.07) is 0. The molecule has 1 amide bonds. The maximum Gasteiger partial charge on any atom is 0.225 e. The van der Waals surface area contributed by atoms with Crippen LogP contribution in [0, 0.1) is 11.3 Å². The van der Waals surface area contributed by atoms with Crippen molar-refractivity contribution in [3.05, 3.63) is 0 Å². The molecule has 0 aliphatic rings. The maximum absolute atomic E-state index is 10.2. The van der Waals surface area contributed by atoms with Crippen LogP contribution < -0.4 is 5.73 Å². The predicted molar refractivity (Wildman–Crippen MR) is 31.8 cm³/mol. The van der Waals surface area contributed by atoms with Crippen LogP contribution in [0.3, 0.4) is 0 Å². The molecule has 3 heteroatoms. The summed E-state index contributed by atoms with van der Waals surface area (Å²) in [7, 11) is 0. The van der Waals surface area contributed by atoms with E-state index in [1.165, 1.54) is 0 Å². The summed E-state index contributed by atoms with van der Waals surface area (Å²) in [4.78, 5) is 10.2. The van der Waals surface area contributed by atoms with Crippen molar-refractivity contribution in [3.8, 4) is 0 Å². The highest BCUT2D eigenvalue weighted by Crippen LogP contribution is 1.94. The van der Waals surface area contributed by atoms with Crippen LogP contribution in [0.25, 0.3) is 0 Å². The molecule has 0 aromatic rings. The van der Waals surface area contributed by atoms with Crippen LogP contribution in [0.4, 0.5) is 0 Å². The Kier molecular flexibility index (Phi) is 2.84. The smallest absolute Gasteiger partial charge is 0.225 e. The lowest BCUT2D eigenvalue weighted by molar-refractivity contribution is -0.119. The minimum Gasteiger partial charge on any atom is -0.369 e. The molecule has 3 N–H and O–H groups in total. The van der Waals surface area contributed by atoms with Crippen molar-refractivity contribution in [2.75, 3.05) is 0 Å². The predicted octanol–water partition coefficient (Wildman–Crippen LogP) is 0.147. The normalized spacial score (nSPS) is 12.6. The summed E-state index contributed by atoms with van der Waals surface area (Å²) in [5.41, 5.74) is 4.87. The van der Waals surface area contributed by atoms with Gasteiger partial charge >= 0.3 is 0 Å². The van der Waals surface area contributed by atoms with E-state index in [9.17, 15) is 4.79 Å². The second kappa shape index (κ2) is 3.18. The summed E-state index contributed by atoms with van der Waals surface area (Å²) >= 11 is 0. The fraction of sp³-hybridized carbons (Fsp3) is 0.600. The lowest BCUT2D eigenvalue weighted by Crippen LogP contribution is -2.23. The van der Waals surface area contributed by atoms with Crippen LogP contribution in [0.1, 0.15) is 13.3 Å². The summed E-state index contributed by atoms with van der Waals surface area (Å²) in [5.74, 6) is -0.780. The molecule has 1 atom stereocenters. The first-order chi connectivity index (χ1) is 3.72. The van der Waals surface area contributed by atoms with Gasteiger partial charge in [-0.15, -0.1) is 0 Å². The summed E-state index contributed by atoms with van der Waals surface area (Å²) in [6.07, 6.45) is 1.70. The van der Waals surface area contributed by atoms with E-state index in [1.54, 1.807) is 0 Å². The van der Waals surface area contributed by atoms with E-state index in [4.69, 9.17) is 11.1 Å². The van der Waals surface area contributed by atoms with Gasteiger partial charge in [0, 0.05) is 6.21 Å². The molecule has 0 bridgehead atoms. The van der Waals surface area contributed by atoms with E-state index in [0.29, 0.717) is 6.42 Å². The fourth-order valence-electron chi connectivity index (χ4n) is 0.401. The van der Waals surface area contributed by atoms with Gasteiger partial charge in [-0.05, 0) is 6.42 Å². The van der Waals surface area contributed by atoms with Crippen molar-refractivity contribution in [1.82, 2.24) is 0 Å². The zero-order valence-electron chi connectivity index (χ0n) is 4.85. The summed E-state index contributed by atoms with van der Waals surface area (Å²) < 4.78 is 0. The minimum atomic E-state index is -0.414. The van der Waals surface area contributed by atoms with Gasteiger partial charge in [0.1, 0.15) is 0 Å². The molecule has 0 saturated heterocycles. The molecule has 0 aromatic heterocycles. The van der Waals surface area contributed by atoms with Crippen molar-refractivity contribution < 1.29 is 4.79 Å². The number of carbonyl (C=O) groups excluding carboxylic acids is 1. The molecule has 3 nitrogen and oxygen atoms in total. The topological polar surface area (TPSA) is 66.9 Å². The van der Waals surface area contributed by atoms with Crippen molar-refractivity contribution in [2.45, 2.75) is 13.3 Å². The lowest BCUT2D eigenvalue weighted by atomic mass is 10.1. The Morgan fingerprint density at radius 1 is 2.00 bits per heavy atom. The third-order valence-corrected chi connectivity index (χ3v) is 1.01. The zero-order chi connectivity index (χ0) is 6.57. The molecule has 0 radical (unpaired) electrons. The van der Waals surface area contributed by atoms with Gasteiger partial charge in [0.25, 0.3) is 0 Å². The van der Waals surface area contributed by atoms with Crippen molar-refractivity contribution >= 4 is 12.1 Å². The van der Waals surface area contributed by atoms with Gasteiger partial charge in [0.2, 0.25) is 5.91 Å². The molecular formula is C5H10N2O.